The van der Waals surface area contributed by atoms with Crippen molar-refractivity contribution >= 4 is 40.4 Å². The summed E-state index contributed by atoms with van der Waals surface area (Å²) in [5, 5.41) is 3.82. The van der Waals surface area contributed by atoms with Crippen molar-refractivity contribution in [2.24, 2.45) is 0 Å². The van der Waals surface area contributed by atoms with Crippen LogP contribution in [0.1, 0.15) is 23.0 Å². The van der Waals surface area contributed by atoms with Gasteiger partial charge in [0.15, 0.2) is 0 Å². The zero-order valence-corrected chi connectivity index (χ0v) is 18.7. The van der Waals surface area contributed by atoms with E-state index in [9.17, 15) is 18.8 Å². The molecule has 33 heavy (non-hydrogen) atoms. The number of H-pyrrole nitrogens is 1. The lowest BCUT2D eigenvalue weighted by Gasteiger charge is -2.36. The van der Waals surface area contributed by atoms with Crippen LogP contribution in [0, 0.1) is 5.82 Å². The highest BCUT2D eigenvalue weighted by Crippen LogP contribution is 2.17. The van der Waals surface area contributed by atoms with Crippen LogP contribution in [0.25, 0.3) is 11.0 Å². The zero-order valence-electron chi connectivity index (χ0n) is 18.0. The van der Waals surface area contributed by atoms with Gasteiger partial charge < -0.3 is 20.1 Å². The van der Waals surface area contributed by atoms with Crippen LogP contribution in [0.15, 0.2) is 42.5 Å². The second-order valence-corrected chi connectivity index (χ2v) is 8.33. The number of benzene rings is 1. The summed E-state index contributed by atoms with van der Waals surface area (Å²) in [7, 11) is 0. The van der Waals surface area contributed by atoms with Crippen molar-refractivity contribution < 1.29 is 18.8 Å². The van der Waals surface area contributed by atoms with E-state index in [-0.39, 0.29) is 29.7 Å². The van der Waals surface area contributed by atoms with Gasteiger partial charge in [-0.25, -0.2) is 9.37 Å². The molecule has 1 fully saturated rings. The Labute approximate surface area is 194 Å². The maximum Gasteiger partial charge on any atom is 0.268 e. The van der Waals surface area contributed by atoms with Gasteiger partial charge in [-0.05, 0) is 35.9 Å². The van der Waals surface area contributed by atoms with Gasteiger partial charge in [-0.15, -0.1) is 0 Å². The fraction of sp³-hybridized carbons (Fsp3) is 0.304. The Kier molecular flexibility index (Phi) is 6.60. The van der Waals surface area contributed by atoms with Crippen LogP contribution >= 0.6 is 11.6 Å². The predicted molar refractivity (Wildman–Crippen MR) is 121 cm³/mol. The average molecular weight is 472 g/mol. The minimum Gasteiger partial charge on any atom is -0.339 e. The molecule has 4 rings (SSSR count). The number of aromatic amines is 1. The van der Waals surface area contributed by atoms with Crippen molar-refractivity contribution in [2.75, 3.05) is 26.2 Å². The summed E-state index contributed by atoms with van der Waals surface area (Å²) in [5.74, 6) is -1.14. The van der Waals surface area contributed by atoms with Gasteiger partial charge in [0.25, 0.3) is 5.91 Å². The smallest absolute Gasteiger partial charge is 0.268 e. The van der Waals surface area contributed by atoms with Crippen molar-refractivity contribution in [3.05, 3.63) is 64.7 Å². The van der Waals surface area contributed by atoms with Crippen molar-refractivity contribution in [3.8, 4) is 0 Å². The lowest BCUT2D eigenvalue weighted by molar-refractivity contribution is -0.139. The first-order valence-electron chi connectivity index (χ1n) is 10.5. The normalized spacial score (nSPS) is 14.9. The van der Waals surface area contributed by atoms with Crippen LogP contribution < -0.4 is 5.32 Å². The number of amides is 3. The van der Waals surface area contributed by atoms with E-state index in [4.69, 9.17) is 11.6 Å². The molecule has 3 aromatic rings. The Balaban J connectivity index is 1.53. The Morgan fingerprint density at radius 2 is 1.76 bits per heavy atom. The summed E-state index contributed by atoms with van der Waals surface area (Å²) >= 11 is 5.92. The Morgan fingerprint density at radius 3 is 2.42 bits per heavy atom. The molecule has 0 aliphatic carbocycles. The van der Waals surface area contributed by atoms with Crippen LogP contribution in [-0.4, -0.2) is 69.7 Å². The number of halogens is 2. The topological polar surface area (TPSA) is 98.4 Å². The number of carbonyl (C=O) groups excluding carboxylic acids is 3. The predicted octanol–water partition coefficient (Wildman–Crippen LogP) is 2.39. The number of rotatable bonds is 5. The third-order valence-corrected chi connectivity index (χ3v) is 5.89. The van der Waals surface area contributed by atoms with Crippen molar-refractivity contribution in [3.63, 3.8) is 0 Å². The van der Waals surface area contributed by atoms with E-state index in [0.717, 1.165) is 0 Å². The Bertz CT molecular complexity index is 1190. The van der Waals surface area contributed by atoms with E-state index >= 15 is 0 Å². The van der Waals surface area contributed by atoms with Crippen LogP contribution in [0.4, 0.5) is 4.39 Å². The fourth-order valence-corrected chi connectivity index (χ4v) is 4.01. The van der Waals surface area contributed by atoms with Crippen molar-refractivity contribution in [1.82, 2.24) is 25.1 Å². The van der Waals surface area contributed by atoms with Crippen LogP contribution in [-0.2, 0) is 16.0 Å². The van der Waals surface area contributed by atoms with Crippen LogP contribution in [0.5, 0.6) is 0 Å². The number of piperazine rings is 1. The molecule has 0 radical (unpaired) electrons. The molecule has 3 amide bonds. The van der Waals surface area contributed by atoms with Crippen LogP contribution in [0.3, 0.4) is 0 Å². The maximum atomic E-state index is 13.3. The number of aromatic nitrogens is 2. The van der Waals surface area contributed by atoms with Gasteiger partial charge >= 0.3 is 0 Å². The molecular formula is C23H23ClFN5O3. The monoisotopic (exact) mass is 471 g/mol. The minimum absolute atomic E-state index is 0.0363. The molecule has 2 N–H and O–H groups in total. The first kappa shape index (κ1) is 22.7. The summed E-state index contributed by atoms with van der Waals surface area (Å²) < 4.78 is 13.3. The summed E-state index contributed by atoms with van der Waals surface area (Å²) in [6.07, 6.45) is 0.197. The Hall–Kier alpha value is -3.46. The van der Waals surface area contributed by atoms with Gasteiger partial charge in [-0.1, -0.05) is 23.7 Å². The maximum absolute atomic E-state index is 13.3. The number of hydrogen-bond donors (Lipinski definition) is 2. The molecule has 0 bridgehead atoms. The van der Waals surface area contributed by atoms with Gasteiger partial charge in [-0.2, -0.15) is 0 Å². The van der Waals surface area contributed by atoms with Gasteiger partial charge in [0, 0.05) is 44.9 Å². The summed E-state index contributed by atoms with van der Waals surface area (Å²) in [6, 6.07) is 9.95. The zero-order chi connectivity index (χ0) is 23.5. The standard InChI is InChI=1S/C23H23ClFN5O3/c1-14(31)29-8-10-30(11-9-29)23(33)19(12-15-2-5-17(25)6-3-15)27-22(32)18-13-16-4-7-20(24)28-21(16)26-18/h2-7,13,19H,8-12H2,1H3,(H,26,28)(H,27,32)/t19-/m0/s1. The van der Waals surface area contributed by atoms with E-state index in [2.05, 4.69) is 15.3 Å². The fourth-order valence-electron chi connectivity index (χ4n) is 3.86. The first-order chi connectivity index (χ1) is 15.8. The third-order valence-electron chi connectivity index (χ3n) is 5.68. The van der Waals surface area contributed by atoms with Gasteiger partial charge in [0.2, 0.25) is 11.8 Å². The molecule has 1 saturated heterocycles. The molecule has 0 unspecified atom stereocenters. The third kappa shape index (κ3) is 5.31. The number of nitrogens with one attached hydrogen (secondary N) is 2. The average Bonchev–Trinajstić information content (AvgIpc) is 3.23. The molecule has 0 spiro atoms. The molecule has 8 nitrogen and oxygen atoms in total. The van der Waals surface area contributed by atoms with Crippen LogP contribution in [0.2, 0.25) is 5.15 Å². The highest BCUT2D eigenvalue weighted by atomic mass is 35.5. The largest absolute Gasteiger partial charge is 0.339 e. The highest BCUT2D eigenvalue weighted by molar-refractivity contribution is 6.29. The number of pyridine rings is 1. The first-order valence-corrected chi connectivity index (χ1v) is 10.9. The molecule has 0 saturated carbocycles. The summed E-state index contributed by atoms with van der Waals surface area (Å²) in [5.41, 5.74) is 1.43. The highest BCUT2D eigenvalue weighted by Gasteiger charge is 2.30. The molecule has 1 aliphatic rings. The lowest BCUT2D eigenvalue weighted by Crippen LogP contribution is -2.56. The second kappa shape index (κ2) is 9.58. The van der Waals surface area contributed by atoms with Gasteiger partial charge in [0.05, 0.1) is 0 Å². The molecule has 2 aromatic heterocycles. The van der Waals surface area contributed by atoms with E-state index in [0.29, 0.717) is 47.9 Å². The lowest BCUT2D eigenvalue weighted by atomic mass is 10.0. The minimum atomic E-state index is -0.866. The summed E-state index contributed by atoms with van der Waals surface area (Å²) in [4.78, 5) is 48.3. The van der Waals surface area contributed by atoms with E-state index in [1.165, 1.54) is 19.1 Å². The van der Waals surface area contributed by atoms with Gasteiger partial charge in [-0.3, -0.25) is 14.4 Å². The van der Waals surface area contributed by atoms with E-state index in [1.54, 1.807) is 40.1 Å². The summed E-state index contributed by atoms with van der Waals surface area (Å²) in [6.45, 7) is 3.13. The Morgan fingerprint density at radius 1 is 1.09 bits per heavy atom. The molecule has 1 atom stereocenters. The van der Waals surface area contributed by atoms with E-state index < -0.39 is 11.9 Å². The molecule has 1 aliphatic heterocycles. The number of nitrogens with zero attached hydrogens (tertiary/aromatic N) is 3. The molecule has 10 heteroatoms. The molecule has 172 valence electrons. The second-order valence-electron chi connectivity index (χ2n) is 7.94. The SMILES string of the molecule is CC(=O)N1CCN(C(=O)[C@H](Cc2ccc(F)cc2)NC(=O)c2cc3ccc(Cl)nc3[nH]2)CC1. The van der Waals surface area contributed by atoms with Gasteiger partial charge in [0.1, 0.15) is 28.4 Å². The van der Waals surface area contributed by atoms with Crippen molar-refractivity contribution in [2.45, 2.75) is 19.4 Å². The molecular weight excluding hydrogens is 449 g/mol. The van der Waals surface area contributed by atoms with Crippen molar-refractivity contribution in [1.29, 1.82) is 0 Å². The number of carbonyl (C=O) groups is 3. The molecule has 1 aromatic carbocycles. The number of hydrogen-bond acceptors (Lipinski definition) is 4. The molecule has 3 heterocycles. The quantitative estimate of drug-likeness (QED) is 0.558. The number of fused-ring (bicyclic) bond motifs is 1. The van der Waals surface area contributed by atoms with E-state index in [1.807, 2.05) is 0 Å².